The molecule has 4 heteroatoms. The number of methoxy groups -OCH3 is 1. The van der Waals surface area contributed by atoms with Crippen LogP contribution < -0.4 is 10.2 Å². The lowest BCUT2D eigenvalue weighted by Crippen LogP contribution is -2.05. The Morgan fingerprint density at radius 3 is 2.86 bits per heavy atom. The fraction of sp³-hybridized carbons (Fsp3) is 0.100. The van der Waals surface area contributed by atoms with E-state index in [9.17, 15) is 0 Å². The van der Waals surface area contributed by atoms with Gasteiger partial charge in [-0.3, -0.25) is 0 Å². The van der Waals surface area contributed by atoms with Crippen molar-refractivity contribution in [3.8, 4) is 5.75 Å². The summed E-state index contributed by atoms with van der Waals surface area (Å²) in [4.78, 5) is 4.09. The van der Waals surface area contributed by atoms with Crippen molar-refractivity contribution in [3.05, 3.63) is 29.5 Å². The van der Waals surface area contributed by atoms with Gasteiger partial charge in [-0.2, -0.15) is 0 Å². The first-order valence-corrected chi connectivity index (χ1v) is 4.69. The third-order valence-electron chi connectivity index (χ3n) is 2.25. The lowest BCUT2D eigenvalue weighted by Gasteiger charge is -2.05. The number of hydrogen-bond donors (Lipinski definition) is 0. The zero-order chi connectivity index (χ0) is 10.1. The van der Waals surface area contributed by atoms with Crippen LogP contribution in [0.25, 0.3) is 10.8 Å². The van der Waals surface area contributed by atoms with E-state index >= 15 is 0 Å². The Kier molecular flexibility index (Phi) is 2.34. The Morgan fingerprint density at radius 2 is 2.14 bits per heavy atom. The van der Waals surface area contributed by atoms with Crippen molar-refractivity contribution in [2.24, 2.45) is 0 Å². The average Bonchev–Trinajstić information content (AvgIpc) is 2.23. The summed E-state index contributed by atoms with van der Waals surface area (Å²) in [6, 6.07) is 5.78. The Labute approximate surface area is 88.3 Å². The average molecular weight is 205 g/mol. The van der Waals surface area contributed by atoms with Crippen LogP contribution in [-0.2, 0) is 0 Å². The molecule has 70 valence electrons. The van der Waals surface area contributed by atoms with Crippen LogP contribution in [0.15, 0.2) is 24.4 Å². The standard InChI is InChI=1S/C10H9BClNO/c1-14-6-2-3-7-8(4-6)9(11)5-13-10(7)12/h2-5H,11H2,1H3. The summed E-state index contributed by atoms with van der Waals surface area (Å²) < 4.78 is 5.15. The zero-order valence-electron chi connectivity index (χ0n) is 8.04. The maximum absolute atomic E-state index is 5.97. The highest BCUT2D eigenvalue weighted by Gasteiger charge is 2.03. The van der Waals surface area contributed by atoms with E-state index < -0.39 is 0 Å². The molecule has 1 aromatic heterocycles. The maximum atomic E-state index is 5.97. The molecule has 14 heavy (non-hydrogen) atoms. The van der Waals surface area contributed by atoms with Crippen LogP contribution in [0.2, 0.25) is 5.15 Å². The second kappa shape index (κ2) is 3.50. The molecular formula is C10H9BClNO. The van der Waals surface area contributed by atoms with Gasteiger partial charge in [0.2, 0.25) is 0 Å². The molecule has 0 unspecified atom stereocenters. The van der Waals surface area contributed by atoms with Gasteiger partial charge in [0.15, 0.2) is 0 Å². The number of halogens is 1. The van der Waals surface area contributed by atoms with Crippen LogP contribution in [0.4, 0.5) is 0 Å². The van der Waals surface area contributed by atoms with Crippen LogP contribution >= 0.6 is 11.6 Å². The molecule has 0 saturated heterocycles. The number of benzene rings is 1. The van der Waals surface area contributed by atoms with Crippen LogP contribution in [0.1, 0.15) is 0 Å². The number of aromatic nitrogens is 1. The van der Waals surface area contributed by atoms with Crippen molar-refractivity contribution in [2.45, 2.75) is 0 Å². The predicted octanol–water partition coefficient (Wildman–Crippen LogP) is 1.16. The summed E-state index contributed by atoms with van der Waals surface area (Å²) >= 11 is 5.97. The summed E-state index contributed by atoms with van der Waals surface area (Å²) in [6.45, 7) is 0. The largest absolute Gasteiger partial charge is 0.497 e. The quantitative estimate of drug-likeness (QED) is 0.515. The Morgan fingerprint density at radius 1 is 1.36 bits per heavy atom. The van der Waals surface area contributed by atoms with Crippen molar-refractivity contribution >= 4 is 35.7 Å². The Hall–Kier alpha value is -1.22. The number of rotatable bonds is 1. The Balaban J connectivity index is 2.80. The lowest BCUT2D eigenvalue weighted by atomic mass is 9.92. The highest BCUT2D eigenvalue weighted by molar-refractivity contribution is 6.41. The van der Waals surface area contributed by atoms with Crippen molar-refractivity contribution in [1.82, 2.24) is 4.98 Å². The third kappa shape index (κ3) is 1.44. The molecule has 2 nitrogen and oxygen atoms in total. The van der Waals surface area contributed by atoms with Crippen LogP contribution in [0, 0.1) is 0 Å². The number of pyridine rings is 1. The summed E-state index contributed by atoms with van der Waals surface area (Å²) in [5.41, 5.74) is 1.10. The maximum Gasteiger partial charge on any atom is 0.142 e. The van der Waals surface area contributed by atoms with E-state index in [1.165, 1.54) is 0 Å². The normalized spacial score (nSPS) is 10.4. The van der Waals surface area contributed by atoms with Gasteiger partial charge in [-0.1, -0.05) is 17.1 Å². The third-order valence-corrected chi connectivity index (χ3v) is 2.55. The molecule has 2 rings (SSSR count). The Bertz CT molecular complexity index is 487. The topological polar surface area (TPSA) is 22.1 Å². The highest BCUT2D eigenvalue weighted by Crippen LogP contribution is 2.23. The van der Waals surface area contributed by atoms with Gasteiger partial charge in [0.05, 0.1) is 7.11 Å². The van der Waals surface area contributed by atoms with Crippen LogP contribution in [-0.4, -0.2) is 19.9 Å². The van der Waals surface area contributed by atoms with Gasteiger partial charge >= 0.3 is 0 Å². The minimum Gasteiger partial charge on any atom is -0.497 e. The fourth-order valence-electron chi connectivity index (χ4n) is 1.45. The molecule has 0 N–H and O–H groups in total. The van der Waals surface area contributed by atoms with Crippen molar-refractivity contribution < 1.29 is 4.74 Å². The van der Waals surface area contributed by atoms with Gasteiger partial charge in [0, 0.05) is 11.6 Å². The van der Waals surface area contributed by atoms with Crippen molar-refractivity contribution in [2.75, 3.05) is 7.11 Å². The molecule has 0 aliphatic rings. The molecule has 0 saturated carbocycles. The molecule has 0 amide bonds. The molecule has 0 atom stereocenters. The van der Waals surface area contributed by atoms with Gasteiger partial charge in [0.1, 0.15) is 18.7 Å². The van der Waals surface area contributed by atoms with E-state index in [2.05, 4.69) is 4.98 Å². The van der Waals surface area contributed by atoms with E-state index in [0.717, 1.165) is 22.0 Å². The molecule has 1 heterocycles. The predicted molar refractivity (Wildman–Crippen MR) is 61.5 cm³/mol. The first-order chi connectivity index (χ1) is 6.72. The van der Waals surface area contributed by atoms with E-state index in [1.54, 1.807) is 13.3 Å². The molecular weight excluding hydrogens is 196 g/mol. The van der Waals surface area contributed by atoms with Gasteiger partial charge in [-0.05, 0) is 23.6 Å². The molecule has 0 aliphatic heterocycles. The second-order valence-electron chi connectivity index (χ2n) is 3.14. The van der Waals surface area contributed by atoms with E-state index in [1.807, 2.05) is 26.0 Å². The van der Waals surface area contributed by atoms with Gasteiger partial charge < -0.3 is 4.74 Å². The lowest BCUT2D eigenvalue weighted by molar-refractivity contribution is 0.415. The monoisotopic (exact) mass is 205 g/mol. The second-order valence-corrected chi connectivity index (χ2v) is 3.50. The fourth-order valence-corrected chi connectivity index (χ4v) is 1.66. The van der Waals surface area contributed by atoms with E-state index in [-0.39, 0.29) is 0 Å². The number of ether oxygens (including phenoxy) is 1. The SMILES string of the molecule is Bc1cnc(Cl)c2ccc(OC)cc12. The minimum absolute atomic E-state index is 0.535. The minimum atomic E-state index is 0.535. The summed E-state index contributed by atoms with van der Waals surface area (Å²) in [5.74, 6) is 0.836. The molecule has 0 fully saturated rings. The molecule has 0 radical (unpaired) electrons. The summed E-state index contributed by atoms with van der Waals surface area (Å²) in [5, 5.41) is 2.59. The molecule has 0 spiro atoms. The van der Waals surface area contributed by atoms with Crippen LogP contribution in [0.5, 0.6) is 5.75 Å². The molecule has 1 aromatic carbocycles. The first kappa shape index (κ1) is 9.34. The zero-order valence-corrected chi connectivity index (χ0v) is 8.80. The molecule has 0 aliphatic carbocycles. The van der Waals surface area contributed by atoms with E-state index in [4.69, 9.17) is 16.3 Å². The molecule has 0 bridgehead atoms. The number of nitrogens with zero attached hydrogens (tertiary/aromatic N) is 1. The van der Waals surface area contributed by atoms with Gasteiger partial charge in [0.25, 0.3) is 0 Å². The van der Waals surface area contributed by atoms with Crippen molar-refractivity contribution in [1.29, 1.82) is 0 Å². The summed E-state index contributed by atoms with van der Waals surface area (Å²) in [6.07, 6.45) is 1.77. The molecule has 2 aromatic rings. The van der Waals surface area contributed by atoms with Crippen molar-refractivity contribution in [3.63, 3.8) is 0 Å². The van der Waals surface area contributed by atoms with E-state index in [0.29, 0.717) is 5.15 Å². The summed E-state index contributed by atoms with van der Waals surface area (Å²) in [7, 11) is 3.66. The van der Waals surface area contributed by atoms with Gasteiger partial charge in [-0.25, -0.2) is 4.98 Å². The van der Waals surface area contributed by atoms with Crippen LogP contribution in [0.3, 0.4) is 0 Å². The smallest absolute Gasteiger partial charge is 0.142 e. The highest BCUT2D eigenvalue weighted by atomic mass is 35.5. The first-order valence-electron chi connectivity index (χ1n) is 4.31. The number of fused-ring (bicyclic) bond motifs is 1. The van der Waals surface area contributed by atoms with Gasteiger partial charge in [-0.15, -0.1) is 0 Å². The number of hydrogen-bond acceptors (Lipinski definition) is 2.